The van der Waals surface area contributed by atoms with E-state index >= 15 is 0 Å². The minimum absolute atomic E-state index is 1.19. The number of nitrogens with zero attached hydrogens (tertiary/aromatic N) is 1. The summed E-state index contributed by atoms with van der Waals surface area (Å²) in [4.78, 5) is 2.33. The largest absolute Gasteiger partial charge is 0.311 e. The Balaban J connectivity index is 1.32. The second-order valence-corrected chi connectivity index (χ2v) is 10.0. The fourth-order valence-corrected chi connectivity index (χ4v) is 4.94. The van der Waals surface area contributed by atoms with Gasteiger partial charge in [0.2, 0.25) is 0 Å². The zero-order valence-electron chi connectivity index (χ0n) is 22.1. The van der Waals surface area contributed by atoms with Crippen molar-refractivity contribution < 1.29 is 0 Å². The Bertz CT molecular complexity index is 845. The van der Waals surface area contributed by atoms with Crippen LogP contribution in [0.2, 0.25) is 0 Å². The van der Waals surface area contributed by atoms with Gasteiger partial charge in [0, 0.05) is 17.1 Å². The average molecular weight is 470 g/mol. The van der Waals surface area contributed by atoms with Crippen LogP contribution >= 0.6 is 0 Å². The molecule has 0 saturated heterocycles. The molecule has 0 fully saturated rings. The van der Waals surface area contributed by atoms with E-state index in [2.05, 4.69) is 96.8 Å². The standard InChI is InChI=1S/C34H47N/c1-2-3-4-5-6-7-8-9-10-11-12-13-14-17-22-31-27-29-34(30-28-31)35(32-23-18-15-19-24-32)33-25-20-16-21-26-33/h15-16,18-21,23-30H,2-14,17,22H2,1H3. The van der Waals surface area contributed by atoms with Crippen molar-refractivity contribution in [3.63, 3.8) is 0 Å². The van der Waals surface area contributed by atoms with Crippen molar-refractivity contribution in [3.8, 4) is 0 Å². The van der Waals surface area contributed by atoms with E-state index in [0.717, 1.165) is 0 Å². The smallest absolute Gasteiger partial charge is 0.0461 e. The first-order chi connectivity index (χ1) is 17.4. The molecule has 0 unspecified atom stereocenters. The lowest BCUT2D eigenvalue weighted by Gasteiger charge is -2.25. The molecule has 188 valence electrons. The summed E-state index contributed by atoms with van der Waals surface area (Å²) in [5.41, 5.74) is 5.05. The molecule has 0 aliphatic carbocycles. The van der Waals surface area contributed by atoms with Crippen LogP contribution in [0.3, 0.4) is 0 Å². The lowest BCUT2D eigenvalue weighted by atomic mass is 10.0. The molecule has 3 aromatic carbocycles. The fourth-order valence-electron chi connectivity index (χ4n) is 4.94. The molecule has 0 saturated carbocycles. The van der Waals surface area contributed by atoms with Crippen LogP contribution in [0.15, 0.2) is 84.9 Å². The van der Waals surface area contributed by atoms with Gasteiger partial charge in [0.1, 0.15) is 0 Å². The number of hydrogen-bond acceptors (Lipinski definition) is 1. The third kappa shape index (κ3) is 10.3. The normalized spacial score (nSPS) is 11.0. The van der Waals surface area contributed by atoms with Gasteiger partial charge >= 0.3 is 0 Å². The molecule has 0 bridgehead atoms. The summed E-state index contributed by atoms with van der Waals surface area (Å²) in [5, 5.41) is 0. The highest BCUT2D eigenvalue weighted by Crippen LogP contribution is 2.34. The van der Waals surface area contributed by atoms with Crippen molar-refractivity contribution in [2.75, 3.05) is 4.90 Å². The summed E-state index contributed by atoms with van der Waals surface area (Å²) in [6.07, 6.45) is 21.0. The van der Waals surface area contributed by atoms with Gasteiger partial charge in [-0.1, -0.05) is 139 Å². The minimum atomic E-state index is 1.19. The molecular formula is C34H47N. The number of rotatable bonds is 18. The fraction of sp³-hybridized carbons (Fsp3) is 0.471. The van der Waals surface area contributed by atoms with E-state index < -0.39 is 0 Å². The van der Waals surface area contributed by atoms with Gasteiger partial charge < -0.3 is 4.90 Å². The molecule has 1 heteroatoms. The van der Waals surface area contributed by atoms with Crippen molar-refractivity contribution in [3.05, 3.63) is 90.5 Å². The predicted molar refractivity (Wildman–Crippen MR) is 155 cm³/mol. The van der Waals surface area contributed by atoms with E-state index in [4.69, 9.17) is 0 Å². The lowest BCUT2D eigenvalue weighted by Crippen LogP contribution is -2.09. The molecule has 0 spiro atoms. The quantitative estimate of drug-likeness (QED) is 0.167. The van der Waals surface area contributed by atoms with E-state index in [9.17, 15) is 0 Å². The van der Waals surface area contributed by atoms with E-state index in [0.29, 0.717) is 0 Å². The highest BCUT2D eigenvalue weighted by Gasteiger charge is 2.11. The molecule has 0 amide bonds. The van der Waals surface area contributed by atoms with E-state index in [1.807, 2.05) is 0 Å². The summed E-state index contributed by atoms with van der Waals surface area (Å²) in [5.74, 6) is 0. The lowest BCUT2D eigenvalue weighted by molar-refractivity contribution is 0.535. The highest BCUT2D eigenvalue weighted by atomic mass is 15.1. The van der Waals surface area contributed by atoms with Gasteiger partial charge in [-0.15, -0.1) is 0 Å². The second-order valence-electron chi connectivity index (χ2n) is 10.0. The first kappa shape index (κ1) is 27.1. The molecule has 0 aromatic heterocycles. The zero-order chi connectivity index (χ0) is 24.4. The van der Waals surface area contributed by atoms with Gasteiger partial charge in [0.05, 0.1) is 0 Å². The van der Waals surface area contributed by atoms with Crippen LogP contribution in [-0.4, -0.2) is 0 Å². The van der Waals surface area contributed by atoms with Crippen LogP contribution in [0.25, 0.3) is 0 Å². The Kier molecular flexibility index (Phi) is 13.1. The van der Waals surface area contributed by atoms with Crippen molar-refractivity contribution in [1.82, 2.24) is 0 Å². The SMILES string of the molecule is CCCCCCCCCCCCCCCCc1ccc(N(c2ccccc2)c2ccccc2)cc1. The predicted octanol–water partition coefficient (Wildman–Crippen LogP) is 11.2. The molecule has 0 heterocycles. The Morgan fingerprint density at radius 1 is 0.400 bits per heavy atom. The molecule has 1 nitrogen and oxygen atoms in total. The van der Waals surface area contributed by atoms with Crippen molar-refractivity contribution in [2.45, 2.75) is 103 Å². The molecule has 0 atom stereocenters. The van der Waals surface area contributed by atoms with Crippen LogP contribution < -0.4 is 4.90 Å². The molecule has 3 aromatic rings. The number of para-hydroxylation sites is 2. The summed E-state index contributed by atoms with van der Waals surface area (Å²) in [6, 6.07) is 30.5. The first-order valence-corrected chi connectivity index (χ1v) is 14.4. The van der Waals surface area contributed by atoms with Crippen molar-refractivity contribution >= 4 is 17.1 Å². The van der Waals surface area contributed by atoms with Crippen molar-refractivity contribution in [1.29, 1.82) is 0 Å². The Morgan fingerprint density at radius 2 is 0.771 bits per heavy atom. The second kappa shape index (κ2) is 17.0. The Morgan fingerprint density at radius 3 is 1.20 bits per heavy atom. The van der Waals surface area contributed by atoms with Crippen LogP contribution in [0.1, 0.15) is 102 Å². The van der Waals surface area contributed by atoms with Crippen LogP contribution in [0.4, 0.5) is 17.1 Å². The van der Waals surface area contributed by atoms with Gasteiger partial charge in [-0.25, -0.2) is 0 Å². The van der Waals surface area contributed by atoms with E-state index in [1.54, 1.807) is 0 Å². The summed E-state index contributed by atoms with van der Waals surface area (Å²) in [7, 11) is 0. The Labute approximate surface area is 215 Å². The number of hydrogen-bond donors (Lipinski definition) is 0. The van der Waals surface area contributed by atoms with Crippen LogP contribution in [-0.2, 0) is 6.42 Å². The first-order valence-electron chi connectivity index (χ1n) is 14.4. The van der Waals surface area contributed by atoms with Gasteiger partial charge in [0.15, 0.2) is 0 Å². The Hall–Kier alpha value is -2.54. The molecular weight excluding hydrogens is 422 g/mol. The highest BCUT2D eigenvalue weighted by molar-refractivity contribution is 5.76. The number of unbranched alkanes of at least 4 members (excludes halogenated alkanes) is 13. The van der Waals surface area contributed by atoms with Gasteiger partial charge in [-0.2, -0.15) is 0 Å². The van der Waals surface area contributed by atoms with Crippen LogP contribution in [0, 0.1) is 0 Å². The maximum absolute atomic E-state index is 2.33. The minimum Gasteiger partial charge on any atom is -0.311 e. The van der Waals surface area contributed by atoms with Gasteiger partial charge in [-0.3, -0.25) is 0 Å². The number of aryl methyl sites for hydroxylation is 1. The third-order valence-electron chi connectivity index (χ3n) is 7.04. The molecule has 0 aliphatic heterocycles. The van der Waals surface area contributed by atoms with Gasteiger partial charge in [0.25, 0.3) is 0 Å². The third-order valence-corrected chi connectivity index (χ3v) is 7.04. The summed E-state index contributed by atoms with van der Waals surface area (Å²) >= 11 is 0. The average Bonchev–Trinajstić information content (AvgIpc) is 2.91. The monoisotopic (exact) mass is 469 g/mol. The van der Waals surface area contributed by atoms with Crippen LogP contribution in [0.5, 0.6) is 0 Å². The molecule has 0 aliphatic rings. The zero-order valence-corrected chi connectivity index (χ0v) is 22.1. The maximum Gasteiger partial charge on any atom is 0.0461 e. The van der Waals surface area contributed by atoms with Crippen molar-refractivity contribution in [2.24, 2.45) is 0 Å². The molecule has 0 radical (unpaired) electrons. The molecule has 35 heavy (non-hydrogen) atoms. The summed E-state index contributed by atoms with van der Waals surface area (Å²) < 4.78 is 0. The molecule has 3 rings (SSSR count). The number of benzene rings is 3. The maximum atomic E-state index is 2.33. The summed E-state index contributed by atoms with van der Waals surface area (Å²) in [6.45, 7) is 2.30. The van der Waals surface area contributed by atoms with Gasteiger partial charge in [-0.05, 0) is 54.8 Å². The topological polar surface area (TPSA) is 3.24 Å². The van der Waals surface area contributed by atoms with E-state index in [-0.39, 0.29) is 0 Å². The van der Waals surface area contributed by atoms with E-state index in [1.165, 1.54) is 119 Å². The number of anilines is 3. The molecule has 0 N–H and O–H groups in total.